The summed E-state index contributed by atoms with van der Waals surface area (Å²) in [6, 6.07) is 0. The van der Waals surface area contributed by atoms with E-state index in [4.69, 9.17) is 0 Å². The summed E-state index contributed by atoms with van der Waals surface area (Å²) in [4.78, 5) is 5.18. The van der Waals surface area contributed by atoms with Gasteiger partial charge in [0.2, 0.25) is 0 Å². The maximum Gasteiger partial charge on any atom is 0.0278 e. The Bertz CT molecular complexity index is 244. The molecule has 0 aromatic rings. The number of likely N-dealkylation sites (tertiary alicyclic amines) is 1. The van der Waals surface area contributed by atoms with E-state index in [0.717, 1.165) is 12.5 Å². The molecule has 2 saturated heterocycles. The van der Waals surface area contributed by atoms with Crippen LogP contribution in [0.15, 0.2) is 0 Å². The summed E-state index contributed by atoms with van der Waals surface area (Å²) >= 11 is 0. The van der Waals surface area contributed by atoms with Gasteiger partial charge >= 0.3 is 0 Å². The predicted octanol–water partition coefficient (Wildman–Crippen LogP) is 1.40. The molecule has 2 aliphatic rings. The molecule has 17 heavy (non-hydrogen) atoms. The SMILES string of the molecule is CCC1(C)CN(CC2CCCN(C)C2)CCN1. The van der Waals surface area contributed by atoms with Crippen molar-refractivity contribution >= 4 is 0 Å². The van der Waals surface area contributed by atoms with Crippen molar-refractivity contribution in [1.82, 2.24) is 15.1 Å². The Morgan fingerprint density at radius 3 is 2.88 bits per heavy atom. The Hall–Kier alpha value is -0.120. The van der Waals surface area contributed by atoms with Gasteiger partial charge in [-0.15, -0.1) is 0 Å². The van der Waals surface area contributed by atoms with E-state index in [-0.39, 0.29) is 0 Å². The van der Waals surface area contributed by atoms with Crippen molar-refractivity contribution in [3.05, 3.63) is 0 Å². The van der Waals surface area contributed by atoms with Crippen LogP contribution in [0.4, 0.5) is 0 Å². The number of nitrogens with one attached hydrogen (secondary N) is 1. The fourth-order valence-corrected chi connectivity index (χ4v) is 3.32. The van der Waals surface area contributed by atoms with Gasteiger partial charge in [-0.25, -0.2) is 0 Å². The fraction of sp³-hybridized carbons (Fsp3) is 1.00. The first kappa shape index (κ1) is 13.3. The highest BCUT2D eigenvalue weighted by Gasteiger charge is 2.30. The minimum Gasteiger partial charge on any atom is -0.309 e. The van der Waals surface area contributed by atoms with Crippen LogP contribution in [0.5, 0.6) is 0 Å². The number of piperazine rings is 1. The molecule has 3 nitrogen and oxygen atoms in total. The molecule has 2 fully saturated rings. The number of nitrogens with zero attached hydrogens (tertiary/aromatic N) is 2. The second-order valence-electron chi connectivity index (χ2n) is 6.35. The van der Waals surface area contributed by atoms with Crippen LogP contribution in [-0.2, 0) is 0 Å². The van der Waals surface area contributed by atoms with E-state index >= 15 is 0 Å². The molecule has 2 rings (SSSR count). The minimum atomic E-state index is 0.346. The van der Waals surface area contributed by atoms with E-state index in [1.54, 1.807) is 0 Å². The molecule has 0 aromatic heterocycles. The van der Waals surface area contributed by atoms with Gasteiger partial charge in [0, 0.05) is 38.3 Å². The predicted molar refractivity (Wildman–Crippen MR) is 73.4 cm³/mol. The van der Waals surface area contributed by atoms with Crippen molar-refractivity contribution in [3.8, 4) is 0 Å². The normalized spacial score (nSPS) is 37.2. The number of hydrogen-bond acceptors (Lipinski definition) is 3. The monoisotopic (exact) mass is 239 g/mol. The van der Waals surface area contributed by atoms with Crippen LogP contribution in [0.2, 0.25) is 0 Å². The van der Waals surface area contributed by atoms with Gasteiger partial charge in [-0.3, -0.25) is 4.90 Å². The summed E-state index contributed by atoms with van der Waals surface area (Å²) in [5.74, 6) is 0.896. The molecular weight excluding hydrogens is 210 g/mol. The number of rotatable bonds is 3. The molecule has 100 valence electrons. The molecule has 0 spiro atoms. The highest BCUT2D eigenvalue weighted by molar-refractivity contribution is 4.90. The third-order valence-electron chi connectivity index (χ3n) is 4.57. The van der Waals surface area contributed by atoms with Gasteiger partial charge in [0.05, 0.1) is 0 Å². The maximum atomic E-state index is 3.67. The number of hydrogen-bond donors (Lipinski definition) is 1. The first-order chi connectivity index (χ1) is 8.11. The van der Waals surface area contributed by atoms with Gasteiger partial charge < -0.3 is 10.2 Å². The average Bonchev–Trinajstić information content (AvgIpc) is 2.29. The molecule has 0 saturated carbocycles. The zero-order valence-electron chi connectivity index (χ0n) is 11.8. The van der Waals surface area contributed by atoms with Crippen molar-refractivity contribution in [2.75, 3.05) is 46.3 Å². The van der Waals surface area contributed by atoms with Crippen LogP contribution in [0.25, 0.3) is 0 Å². The fourth-order valence-electron chi connectivity index (χ4n) is 3.32. The van der Waals surface area contributed by atoms with Crippen LogP contribution in [-0.4, -0.2) is 61.7 Å². The van der Waals surface area contributed by atoms with E-state index in [1.807, 2.05) is 0 Å². The lowest BCUT2D eigenvalue weighted by molar-refractivity contribution is 0.0976. The van der Waals surface area contributed by atoms with Gasteiger partial charge in [0.15, 0.2) is 0 Å². The molecule has 0 aliphatic carbocycles. The van der Waals surface area contributed by atoms with Gasteiger partial charge in [-0.2, -0.15) is 0 Å². The maximum absolute atomic E-state index is 3.67. The summed E-state index contributed by atoms with van der Waals surface area (Å²) in [7, 11) is 2.26. The van der Waals surface area contributed by atoms with E-state index in [2.05, 4.69) is 36.0 Å². The first-order valence-corrected chi connectivity index (χ1v) is 7.27. The summed E-state index contributed by atoms with van der Waals surface area (Å²) < 4.78 is 0. The lowest BCUT2D eigenvalue weighted by atomic mass is 9.93. The summed E-state index contributed by atoms with van der Waals surface area (Å²) in [5, 5.41) is 3.67. The Morgan fingerprint density at radius 2 is 2.18 bits per heavy atom. The smallest absolute Gasteiger partial charge is 0.0278 e. The summed E-state index contributed by atoms with van der Waals surface area (Å²) in [5.41, 5.74) is 0.346. The largest absolute Gasteiger partial charge is 0.309 e. The Labute approximate surface area is 107 Å². The highest BCUT2D eigenvalue weighted by Crippen LogP contribution is 2.20. The van der Waals surface area contributed by atoms with Crippen LogP contribution in [0, 0.1) is 5.92 Å². The molecule has 0 bridgehead atoms. The molecule has 2 heterocycles. The molecule has 0 aromatic carbocycles. The van der Waals surface area contributed by atoms with Crippen molar-refractivity contribution in [1.29, 1.82) is 0 Å². The second kappa shape index (κ2) is 5.68. The first-order valence-electron chi connectivity index (χ1n) is 7.27. The standard InChI is InChI=1S/C14H29N3/c1-4-14(2)12-17(9-7-15-14)11-13-6-5-8-16(3)10-13/h13,15H,4-12H2,1-3H3. The van der Waals surface area contributed by atoms with Crippen molar-refractivity contribution in [3.63, 3.8) is 0 Å². The quantitative estimate of drug-likeness (QED) is 0.803. The van der Waals surface area contributed by atoms with Gasteiger partial charge in [0.25, 0.3) is 0 Å². The average molecular weight is 239 g/mol. The molecule has 1 N–H and O–H groups in total. The molecule has 2 unspecified atom stereocenters. The van der Waals surface area contributed by atoms with Crippen LogP contribution in [0.3, 0.4) is 0 Å². The zero-order chi connectivity index (χ0) is 12.3. The van der Waals surface area contributed by atoms with Gasteiger partial charge in [-0.05, 0) is 45.7 Å². The molecule has 3 heteroatoms. The number of piperidine rings is 1. The summed E-state index contributed by atoms with van der Waals surface area (Å²) in [6.07, 6.45) is 4.05. The van der Waals surface area contributed by atoms with Crippen molar-refractivity contribution in [2.24, 2.45) is 5.92 Å². The van der Waals surface area contributed by atoms with Crippen LogP contribution >= 0.6 is 0 Å². The van der Waals surface area contributed by atoms with Gasteiger partial charge in [0.1, 0.15) is 0 Å². The topological polar surface area (TPSA) is 18.5 Å². The molecule has 2 atom stereocenters. The highest BCUT2D eigenvalue weighted by atomic mass is 15.2. The second-order valence-corrected chi connectivity index (χ2v) is 6.35. The molecular formula is C14H29N3. The lowest BCUT2D eigenvalue weighted by Crippen LogP contribution is -2.59. The molecule has 0 amide bonds. The lowest BCUT2D eigenvalue weighted by Gasteiger charge is -2.43. The molecule has 0 radical (unpaired) electrons. The third-order valence-corrected chi connectivity index (χ3v) is 4.57. The van der Waals surface area contributed by atoms with E-state index in [0.29, 0.717) is 5.54 Å². The van der Waals surface area contributed by atoms with Crippen molar-refractivity contribution < 1.29 is 0 Å². The van der Waals surface area contributed by atoms with E-state index in [1.165, 1.54) is 52.0 Å². The summed E-state index contributed by atoms with van der Waals surface area (Å²) in [6.45, 7) is 12.2. The Balaban J connectivity index is 1.82. The van der Waals surface area contributed by atoms with Crippen LogP contribution < -0.4 is 5.32 Å². The Morgan fingerprint density at radius 1 is 1.35 bits per heavy atom. The zero-order valence-corrected chi connectivity index (χ0v) is 11.8. The van der Waals surface area contributed by atoms with Crippen LogP contribution in [0.1, 0.15) is 33.1 Å². The molecule has 2 aliphatic heterocycles. The van der Waals surface area contributed by atoms with Crippen molar-refractivity contribution in [2.45, 2.75) is 38.6 Å². The van der Waals surface area contributed by atoms with E-state index < -0.39 is 0 Å². The van der Waals surface area contributed by atoms with Gasteiger partial charge in [-0.1, -0.05) is 6.92 Å². The third kappa shape index (κ3) is 3.67. The van der Waals surface area contributed by atoms with E-state index in [9.17, 15) is 0 Å². The Kier molecular flexibility index (Phi) is 4.45. The minimum absolute atomic E-state index is 0.346.